The van der Waals surface area contributed by atoms with Crippen molar-refractivity contribution in [3.05, 3.63) is 106 Å². The van der Waals surface area contributed by atoms with Crippen LogP contribution in [0.1, 0.15) is 47.8 Å². The zero-order valence-corrected chi connectivity index (χ0v) is 21.0. The van der Waals surface area contributed by atoms with Crippen LogP contribution in [-0.4, -0.2) is 27.6 Å². The van der Waals surface area contributed by atoms with Gasteiger partial charge in [0.2, 0.25) is 0 Å². The van der Waals surface area contributed by atoms with Gasteiger partial charge in [-0.05, 0) is 0 Å². The fourth-order valence-electron chi connectivity index (χ4n) is 3.02. The molecule has 0 spiro atoms. The monoisotopic (exact) mass is 556 g/mol. The van der Waals surface area contributed by atoms with Crippen LogP contribution in [0.4, 0.5) is 0 Å². The number of benzene rings is 3. The molecule has 0 radical (unpaired) electrons. The van der Waals surface area contributed by atoms with Crippen molar-refractivity contribution in [3.8, 4) is 0 Å². The minimum absolute atomic E-state index is 0.365. The summed E-state index contributed by atoms with van der Waals surface area (Å²) < 4.78 is -1.10. The fourth-order valence-corrected chi connectivity index (χ4v) is 14.2. The molecule has 0 aliphatic rings. The molecule has 3 aromatic rings. The molecule has 0 saturated heterocycles. The average Bonchev–Trinajstić information content (AvgIpc) is 2.73. The van der Waals surface area contributed by atoms with Gasteiger partial charge in [0, 0.05) is 0 Å². The Hall–Kier alpha value is -2.05. The molecular formula is C24H21BrO3Sn. The van der Waals surface area contributed by atoms with Gasteiger partial charge in [0.1, 0.15) is 0 Å². The van der Waals surface area contributed by atoms with Crippen LogP contribution in [0.15, 0.2) is 72.8 Å². The van der Waals surface area contributed by atoms with Crippen LogP contribution in [-0.2, 0) is 0 Å². The van der Waals surface area contributed by atoms with Gasteiger partial charge in [0.05, 0.1) is 0 Å². The van der Waals surface area contributed by atoms with Crippen LogP contribution in [0, 0.1) is 20.8 Å². The van der Waals surface area contributed by atoms with Gasteiger partial charge in [0.25, 0.3) is 0 Å². The fraction of sp³-hybridized carbons (Fsp3) is 0.125. The van der Waals surface area contributed by atoms with Crippen molar-refractivity contribution in [1.82, 2.24) is 0 Å². The van der Waals surface area contributed by atoms with E-state index in [1.165, 1.54) is 0 Å². The Bertz CT molecular complexity index is 929. The van der Waals surface area contributed by atoms with Crippen LogP contribution in [0.5, 0.6) is 0 Å². The Morgan fingerprint density at radius 3 is 0.931 bits per heavy atom. The molecule has 3 aromatic carbocycles. The number of halogens is 1. The quantitative estimate of drug-likeness (QED) is 0.376. The molecule has 3 nitrogen and oxygen atoms in total. The summed E-state index contributed by atoms with van der Waals surface area (Å²) in [5.41, 5.74) is 4.20. The number of hydrogen-bond acceptors (Lipinski definition) is 3. The summed E-state index contributed by atoms with van der Waals surface area (Å²) in [5, 5.41) is 0. The van der Waals surface area contributed by atoms with Crippen molar-refractivity contribution in [2.24, 2.45) is 0 Å². The number of aryl methyl sites for hydroxylation is 3. The Morgan fingerprint density at radius 2 is 0.724 bits per heavy atom. The summed E-state index contributed by atoms with van der Waals surface area (Å²) in [7, 11) is 0. The van der Waals surface area contributed by atoms with Crippen LogP contribution >= 0.6 is 12.7 Å². The van der Waals surface area contributed by atoms with Gasteiger partial charge >= 0.3 is 182 Å². The summed E-state index contributed by atoms with van der Waals surface area (Å²) in [4.78, 5) is 40.6. The molecule has 0 unspecified atom stereocenters. The van der Waals surface area contributed by atoms with E-state index in [2.05, 4.69) is 12.7 Å². The van der Waals surface area contributed by atoms with Crippen LogP contribution in [0.2, 0.25) is 0 Å². The van der Waals surface area contributed by atoms with Crippen LogP contribution in [0.25, 0.3) is 0 Å². The molecule has 0 saturated carbocycles. The van der Waals surface area contributed by atoms with E-state index < -0.39 is 16.2 Å². The van der Waals surface area contributed by atoms with Gasteiger partial charge in [0.15, 0.2) is 0 Å². The molecule has 0 bridgehead atoms. The third kappa shape index (κ3) is 4.43. The third-order valence-corrected chi connectivity index (χ3v) is 20.0. The second-order valence-electron chi connectivity index (χ2n) is 7.24. The molecule has 0 aromatic heterocycles. The SMILES string of the molecule is Cc1ccc([C](=O)[Sn]([Br])([C](=O)c2ccc(C)cc2)[C](=O)c2ccc(C)cc2)cc1. The van der Waals surface area contributed by atoms with Gasteiger partial charge < -0.3 is 0 Å². The third-order valence-electron chi connectivity index (χ3n) is 4.88. The summed E-state index contributed by atoms with van der Waals surface area (Å²) in [5.74, 6) is 0. The van der Waals surface area contributed by atoms with Crippen molar-refractivity contribution in [1.29, 1.82) is 0 Å². The molecular weight excluding hydrogens is 535 g/mol. The van der Waals surface area contributed by atoms with E-state index >= 15 is 0 Å². The first-order chi connectivity index (χ1) is 13.7. The molecule has 146 valence electrons. The van der Waals surface area contributed by atoms with Gasteiger partial charge in [-0.15, -0.1) is 0 Å². The molecule has 0 fully saturated rings. The molecule has 0 N–H and O–H groups in total. The molecule has 3 rings (SSSR count). The van der Waals surface area contributed by atoms with Gasteiger partial charge in [-0.3, -0.25) is 0 Å². The number of carbonyl (C=O) groups excluding carboxylic acids is 3. The Labute approximate surface area is 180 Å². The number of rotatable bonds is 6. The molecule has 29 heavy (non-hydrogen) atoms. The zero-order chi connectivity index (χ0) is 21.2. The van der Waals surface area contributed by atoms with Crippen molar-refractivity contribution < 1.29 is 14.4 Å². The first-order valence-electron chi connectivity index (χ1n) is 9.27. The van der Waals surface area contributed by atoms with Crippen molar-refractivity contribution in [2.75, 3.05) is 0 Å². The summed E-state index contributed by atoms with van der Waals surface area (Å²) in [6.45, 7) is 5.77. The summed E-state index contributed by atoms with van der Waals surface area (Å²) in [6, 6.07) is 21.1. The zero-order valence-electron chi connectivity index (χ0n) is 16.5. The van der Waals surface area contributed by atoms with Gasteiger partial charge in [-0.1, -0.05) is 0 Å². The molecule has 5 heteroatoms. The molecule has 0 aliphatic carbocycles. The maximum absolute atomic E-state index is 13.5. The Balaban J connectivity index is 2.13. The molecule has 0 amide bonds. The van der Waals surface area contributed by atoms with E-state index in [0.29, 0.717) is 16.7 Å². The first kappa shape index (κ1) is 21.7. The Morgan fingerprint density at radius 1 is 0.517 bits per heavy atom. The topological polar surface area (TPSA) is 51.2 Å². The normalized spacial score (nSPS) is 11.2. The predicted octanol–water partition coefficient (Wildman–Crippen LogP) is 5.52. The molecule has 0 atom stereocenters. The molecule has 0 aliphatic heterocycles. The average molecular weight is 556 g/mol. The van der Waals surface area contributed by atoms with E-state index in [0.717, 1.165) is 16.7 Å². The number of hydrogen-bond donors (Lipinski definition) is 0. The predicted molar refractivity (Wildman–Crippen MR) is 121 cm³/mol. The molecule has 0 heterocycles. The van der Waals surface area contributed by atoms with E-state index in [1.807, 2.05) is 57.2 Å². The first-order valence-corrected chi connectivity index (χ1v) is 19.9. The Kier molecular flexibility index (Phi) is 6.54. The summed E-state index contributed by atoms with van der Waals surface area (Å²) in [6.07, 6.45) is 0. The van der Waals surface area contributed by atoms with Gasteiger partial charge in [-0.25, -0.2) is 0 Å². The second kappa shape index (κ2) is 8.76. The van der Waals surface area contributed by atoms with Crippen LogP contribution < -0.4 is 0 Å². The van der Waals surface area contributed by atoms with E-state index in [9.17, 15) is 14.4 Å². The van der Waals surface area contributed by atoms with Gasteiger partial charge in [-0.2, -0.15) is 0 Å². The van der Waals surface area contributed by atoms with Crippen molar-refractivity contribution in [3.63, 3.8) is 0 Å². The standard InChI is InChI=1S/3C8H7O.BrH.Sn/c3*1-7-2-4-8(6-9)5-3-7;;/h3*2-5H,1H3;1H;/q;;;;+1/p-1. The second-order valence-corrected chi connectivity index (χ2v) is 22.9. The number of carbonyl (C=O) groups is 3. The van der Waals surface area contributed by atoms with E-state index in [-0.39, 0.29) is 11.4 Å². The van der Waals surface area contributed by atoms with E-state index in [1.54, 1.807) is 36.4 Å². The summed E-state index contributed by atoms with van der Waals surface area (Å²) >= 11 is -1.40. The van der Waals surface area contributed by atoms with Crippen LogP contribution in [0.3, 0.4) is 0 Å². The van der Waals surface area contributed by atoms with Crippen molar-refractivity contribution in [2.45, 2.75) is 20.8 Å². The minimum atomic E-state index is -4.91. The van der Waals surface area contributed by atoms with E-state index in [4.69, 9.17) is 0 Å². The van der Waals surface area contributed by atoms with Crippen molar-refractivity contribution >= 4 is 40.3 Å². The maximum atomic E-state index is 13.5.